The Hall–Kier alpha value is 0.300. The summed E-state index contributed by atoms with van der Waals surface area (Å²) in [6, 6.07) is 4.51. The number of rotatable bonds is 4. The molecular weight excluding hydrogens is 258 g/mol. The lowest BCUT2D eigenvalue weighted by molar-refractivity contribution is 0.494. The fourth-order valence-corrected chi connectivity index (χ4v) is 4.35. The molecule has 4 heteroatoms. The predicted octanol–water partition coefficient (Wildman–Crippen LogP) is 4.34. The van der Waals surface area contributed by atoms with E-state index in [0.29, 0.717) is 10.8 Å². The summed E-state index contributed by atoms with van der Waals surface area (Å²) < 4.78 is 1.32. The van der Waals surface area contributed by atoms with Crippen molar-refractivity contribution < 1.29 is 0 Å². The number of nitrogens with one attached hydrogen (secondary N) is 1. The van der Waals surface area contributed by atoms with Gasteiger partial charge in [0.05, 0.1) is 4.34 Å². The van der Waals surface area contributed by atoms with Crippen LogP contribution in [0.1, 0.15) is 37.6 Å². The molecule has 0 aliphatic carbocycles. The second-order valence-electron chi connectivity index (χ2n) is 4.65. The highest BCUT2D eigenvalue weighted by atomic mass is 35.5. The van der Waals surface area contributed by atoms with Gasteiger partial charge >= 0.3 is 0 Å². The lowest BCUT2D eigenvalue weighted by atomic mass is 10.1. The molecule has 16 heavy (non-hydrogen) atoms. The highest BCUT2D eigenvalue weighted by Crippen LogP contribution is 2.37. The van der Waals surface area contributed by atoms with E-state index in [1.54, 1.807) is 11.3 Å². The Bertz CT molecular complexity index is 345. The molecule has 1 fully saturated rings. The summed E-state index contributed by atoms with van der Waals surface area (Å²) in [4.78, 5) is 1.33. The van der Waals surface area contributed by atoms with Gasteiger partial charge in [0.2, 0.25) is 0 Å². The molecule has 0 aromatic carbocycles. The van der Waals surface area contributed by atoms with Gasteiger partial charge in [0.25, 0.3) is 0 Å². The monoisotopic (exact) mass is 275 g/mol. The van der Waals surface area contributed by atoms with E-state index >= 15 is 0 Å². The molecule has 1 nitrogen and oxygen atoms in total. The quantitative estimate of drug-likeness (QED) is 0.877. The average molecular weight is 276 g/mol. The summed E-state index contributed by atoms with van der Waals surface area (Å²) in [5.74, 6) is 1.32. The molecule has 0 spiro atoms. The zero-order valence-corrected chi connectivity index (χ0v) is 12.1. The van der Waals surface area contributed by atoms with Crippen LogP contribution in [0.2, 0.25) is 4.34 Å². The van der Waals surface area contributed by atoms with Crippen molar-refractivity contribution in [3.63, 3.8) is 0 Å². The van der Waals surface area contributed by atoms with Gasteiger partial charge in [-0.25, -0.2) is 0 Å². The zero-order chi connectivity index (χ0) is 11.6. The lowest BCUT2D eigenvalue weighted by Crippen LogP contribution is -2.34. The minimum atomic E-state index is 0.413. The fraction of sp³-hybridized carbons (Fsp3) is 0.667. The molecule has 2 atom stereocenters. The van der Waals surface area contributed by atoms with Gasteiger partial charge in [-0.2, -0.15) is 11.8 Å². The predicted molar refractivity (Wildman–Crippen MR) is 75.8 cm³/mol. The van der Waals surface area contributed by atoms with E-state index in [9.17, 15) is 0 Å². The molecule has 1 N–H and O–H groups in total. The standard InChI is InChI=1S/C12H18ClNS2/c1-9(10-4-5-11(13)16-10)14-8-12(2)6-3-7-15-12/h4-5,9,14H,3,6-8H2,1-2H3. The Balaban J connectivity index is 1.86. The van der Waals surface area contributed by atoms with Gasteiger partial charge in [-0.15, -0.1) is 11.3 Å². The van der Waals surface area contributed by atoms with Crippen LogP contribution in [0.5, 0.6) is 0 Å². The van der Waals surface area contributed by atoms with Crippen molar-refractivity contribution in [3.05, 3.63) is 21.3 Å². The lowest BCUT2D eigenvalue weighted by Gasteiger charge is -2.25. The van der Waals surface area contributed by atoms with Crippen LogP contribution in [-0.2, 0) is 0 Å². The smallest absolute Gasteiger partial charge is 0.0931 e. The average Bonchev–Trinajstić information content (AvgIpc) is 2.85. The second kappa shape index (κ2) is 5.30. The second-order valence-corrected chi connectivity index (χ2v) is 8.08. The maximum absolute atomic E-state index is 5.95. The minimum absolute atomic E-state index is 0.413. The van der Waals surface area contributed by atoms with Crippen LogP contribution in [0, 0.1) is 0 Å². The van der Waals surface area contributed by atoms with Crippen LogP contribution in [-0.4, -0.2) is 17.0 Å². The summed E-state index contributed by atoms with van der Waals surface area (Å²) in [5, 5.41) is 3.63. The fourth-order valence-electron chi connectivity index (χ4n) is 2.01. The molecule has 2 heterocycles. The Morgan fingerprint density at radius 2 is 2.38 bits per heavy atom. The Morgan fingerprint density at radius 3 is 2.94 bits per heavy atom. The van der Waals surface area contributed by atoms with Gasteiger partial charge in [0.15, 0.2) is 0 Å². The molecule has 90 valence electrons. The summed E-state index contributed by atoms with van der Waals surface area (Å²) in [7, 11) is 0. The summed E-state index contributed by atoms with van der Waals surface area (Å²) in [6.07, 6.45) is 2.70. The normalized spacial score (nSPS) is 27.2. The topological polar surface area (TPSA) is 12.0 Å². The molecule has 0 saturated carbocycles. The summed E-state index contributed by atoms with van der Waals surface area (Å²) >= 11 is 9.72. The van der Waals surface area contributed by atoms with Crippen molar-refractivity contribution in [2.45, 2.75) is 37.5 Å². The van der Waals surface area contributed by atoms with E-state index in [0.717, 1.165) is 10.9 Å². The molecule has 0 radical (unpaired) electrons. The molecular formula is C12H18ClNS2. The molecule has 1 aliphatic heterocycles. The third-order valence-corrected chi connectivity index (χ3v) is 6.06. The van der Waals surface area contributed by atoms with Crippen LogP contribution in [0.15, 0.2) is 12.1 Å². The first-order valence-corrected chi connectivity index (χ1v) is 7.90. The number of halogens is 1. The third-order valence-electron chi connectivity index (χ3n) is 3.10. The maximum atomic E-state index is 5.95. The first kappa shape index (κ1) is 12.7. The van der Waals surface area contributed by atoms with E-state index in [4.69, 9.17) is 11.6 Å². The first-order chi connectivity index (χ1) is 7.59. The van der Waals surface area contributed by atoms with Crippen LogP contribution in [0.25, 0.3) is 0 Å². The highest BCUT2D eigenvalue weighted by Gasteiger charge is 2.29. The van der Waals surface area contributed by atoms with Crippen molar-refractivity contribution in [2.24, 2.45) is 0 Å². The molecule has 1 aromatic heterocycles. The van der Waals surface area contributed by atoms with Crippen molar-refractivity contribution in [3.8, 4) is 0 Å². The van der Waals surface area contributed by atoms with Gasteiger partial charge < -0.3 is 5.32 Å². The van der Waals surface area contributed by atoms with Gasteiger partial charge in [-0.05, 0) is 44.6 Å². The van der Waals surface area contributed by atoms with E-state index < -0.39 is 0 Å². The van der Waals surface area contributed by atoms with Crippen LogP contribution in [0.3, 0.4) is 0 Å². The van der Waals surface area contributed by atoms with Crippen molar-refractivity contribution in [1.82, 2.24) is 5.32 Å². The van der Waals surface area contributed by atoms with Crippen molar-refractivity contribution in [1.29, 1.82) is 0 Å². The Morgan fingerprint density at radius 1 is 1.56 bits per heavy atom. The number of hydrogen-bond acceptors (Lipinski definition) is 3. The van der Waals surface area contributed by atoms with Crippen LogP contribution in [0.4, 0.5) is 0 Å². The summed E-state index contributed by atoms with van der Waals surface area (Å²) in [6.45, 7) is 5.67. The molecule has 1 aliphatic rings. The Kier molecular flexibility index (Phi) is 4.22. The van der Waals surface area contributed by atoms with Crippen molar-refractivity contribution in [2.75, 3.05) is 12.3 Å². The van der Waals surface area contributed by atoms with E-state index in [-0.39, 0.29) is 0 Å². The van der Waals surface area contributed by atoms with Gasteiger partial charge in [-0.1, -0.05) is 11.6 Å². The molecule has 0 bridgehead atoms. The zero-order valence-electron chi connectivity index (χ0n) is 9.75. The molecule has 0 amide bonds. The molecule has 2 unspecified atom stereocenters. The maximum Gasteiger partial charge on any atom is 0.0931 e. The number of hydrogen-bond donors (Lipinski definition) is 1. The number of thioether (sulfide) groups is 1. The van der Waals surface area contributed by atoms with Gasteiger partial charge in [0, 0.05) is 22.2 Å². The van der Waals surface area contributed by atoms with E-state index in [2.05, 4.69) is 37.0 Å². The van der Waals surface area contributed by atoms with Crippen LogP contribution < -0.4 is 5.32 Å². The van der Waals surface area contributed by atoms with Gasteiger partial charge in [-0.3, -0.25) is 0 Å². The first-order valence-electron chi connectivity index (χ1n) is 5.72. The minimum Gasteiger partial charge on any atom is -0.308 e. The number of thiophene rings is 1. The van der Waals surface area contributed by atoms with Gasteiger partial charge in [0.1, 0.15) is 0 Å². The van der Waals surface area contributed by atoms with Crippen LogP contribution >= 0.6 is 34.7 Å². The highest BCUT2D eigenvalue weighted by molar-refractivity contribution is 8.00. The summed E-state index contributed by atoms with van der Waals surface area (Å²) in [5.41, 5.74) is 0. The molecule has 1 aromatic rings. The van der Waals surface area contributed by atoms with Crippen molar-refractivity contribution >= 4 is 34.7 Å². The molecule has 2 rings (SSSR count). The van der Waals surface area contributed by atoms with E-state index in [1.165, 1.54) is 23.5 Å². The third kappa shape index (κ3) is 3.16. The SMILES string of the molecule is CC(NCC1(C)CCCS1)c1ccc(Cl)s1. The molecule has 1 saturated heterocycles. The largest absolute Gasteiger partial charge is 0.308 e. The van der Waals surface area contributed by atoms with E-state index in [1.807, 2.05) is 6.07 Å². The Labute approximate surface area is 111 Å².